The van der Waals surface area contributed by atoms with E-state index in [-0.39, 0.29) is 12.3 Å². The number of rotatable bonds is 4. The van der Waals surface area contributed by atoms with Gasteiger partial charge in [-0.15, -0.1) is 0 Å². The number of nitrogens with one attached hydrogen (secondary N) is 1. The van der Waals surface area contributed by atoms with Gasteiger partial charge in [0, 0.05) is 0 Å². The summed E-state index contributed by atoms with van der Waals surface area (Å²) in [5.41, 5.74) is 0. The Morgan fingerprint density at radius 3 is 2.15 bits per heavy atom. The van der Waals surface area contributed by atoms with Crippen LogP contribution in [-0.4, -0.2) is 23.4 Å². The summed E-state index contributed by atoms with van der Waals surface area (Å²) >= 11 is 0. The van der Waals surface area contributed by atoms with Crippen LogP contribution in [0.25, 0.3) is 0 Å². The molecule has 0 aromatic carbocycles. The molecule has 0 spiro atoms. The number of halogens is 3. The molecule has 78 valence electrons. The van der Waals surface area contributed by atoms with E-state index in [1.165, 1.54) is 0 Å². The van der Waals surface area contributed by atoms with Crippen molar-refractivity contribution in [3.05, 3.63) is 0 Å². The Labute approximate surface area is 73.9 Å². The van der Waals surface area contributed by atoms with Crippen molar-refractivity contribution in [2.45, 2.75) is 32.6 Å². The summed E-state index contributed by atoms with van der Waals surface area (Å²) < 4.78 is 35.2. The minimum absolute atomic E-state index is 0.0468. The van der Waals surface area contributed by atoms with Crippen LogP contribution < -0.4 is 5.32 Å². The molecule has 0 aromatic heterocycles. The first-order chi connectivity index (χ1) is 5.72. The minimum Gasteiger partial charge on any atom is -0.480 e. The Balaban J connectivity index is 4.19. The molecule has 0 radical (unpaired) electrons. The maximum absolute atomic E-state index is 11.7. The van der Waals surface area contributed by atoms with Gasteiger partial charge in [0.2, 0.25) is 0 Å². The highest BCUT2D eigenvalue weighted by Gasteiger charge is 2.34. The molecule has 0 aliphatic carbocycles. The van der Waals surface area contributed by atoms with Crippen molar-refractivity contribution in [2.24, 2.45) is 5.92 Å². The van der Waals surface area contributed by atoms with E-state index in [1.54, 1.807) is 13.8 Å². The van der Waals surface area contributed by atoms with Crippen LogP contribution in [0.3, 0.4) is 0 Å². The van der Waals surface area contributed by atoms with E-state index in [1.807, 2.05) is 0 Å². The zero-order valence-electron chi connectivity index (χ0n) is 7.35. The molecular weight excluding hydrogens is 187 g/mol. The van der Waals surface area contributed by atoms with E-state index >= 15 is 0 Å². The van der Waals surface area contributed by atoms with E-state index in [0.717, 1.165) is 5.32 Å². The molecule has 0 aliphatic heterocycles. The van der Waals surface area contributed by atoms with Gasteiger partial charge >= 0.3 is 12.3 Å². The number of carboxylic acids is 1. The highest BCUT2D eigenvalue weighted by atomic mass is 19.4. The van der Waals surface area contributed by atoms with Crippen LogP contribution in [0.2, 0.25) is 0 Å². The molecule has 0 saturated heterocycles. The van der Waals surface area contributed by atoms with Gasteiger partial charge in [0.05, 0.1) is 0 Å². The SMILES string of the molecule is CC(C)C[C@H](NC(F)(F)F)C(=O)O. The van der Waals surface area contributed by atoms with Crippen molar-refractivity contribution in [3.63, 3.8) is 0 Å². The maximum atomic E-state index is 11.7. The fraction of sp³-hybridized carbons (Fsp3) is 0.857. The van der Waals surface area contributed by atoms with Gasteiger partial charge in [-0.1, -0.05) is 13.8 Å². The van der Waals surface area contributed by atoms with Crippen LogP contribution >= 0.6 is 0 Å². The van der Waals surface area contributed by atoms with Crippen molar-refractivity contribution >= 4 is 5.97 Å². The molecule has 0 saturated carbocycles. The molecule has 13 heavy (non-hydrogen) atoms. The summed E-state index contributed by atoms with van der Waals surface area (Å²) in [6, 6.07) is -1.56. The van der Waals surface area contributed by atoms with Crippen molar-refractivity contribution in [1.29, 1.82) is 0 Å². The third-order valence-electron chi connectivity index (χ3n) is 1.34. The number of hydrogen-bond acceptors (Lipinski definition) is 2. The highest BCUT2D eigenvalue weighted by molar-refractivity contribution is 5.73. The summed E-state index contributed by atoms with van der Waals surface area (Å²) in [6.45, 7) is 3.32. The Morgan fingerprint density at radius 1 is 1.46 bits per heavy atom. The van der Waals surface area contributed by atoms with Gasteiger partial charge in [-0.05, 0) is 12.3 Å². The molecule has 0 rings (SSSR count). The summed E-state index contributed by atoms with van der Waals surface area (Å²) in [5, 5.41) is 9.51. The molecule has 0 bridgehead atoms. The van der Waals surface area contributed by atoms with Crippen LogP contribution in [0.1, 0.15) is 20.3 Å². The fourth-order valence-corrected chi connectivity index (χ4v) is 0.890. The van der Waals surface area contributed by atoms with Gasteiger partial charge in [-0.2, -0.15) is 13.2 Å². The molecule has 0 amide bonds. The molecule has 0 unspecified atom stereocenters. The monoisotopic (exact) mass is 199 g/mol. The lowest BCUT2D eigenvalue weighted by molar-refractivity contribution is -0.175. The second kappa shape index (κ2) is 4.45. The third-order valence-corrected chi connectivity index (χ3v) is 1.34. The van der Waals surface area contributed by atoms with Gasteiger partial charge in [-0.25, -0.2) is 5.32 Å². The van der Waals surface area contributed by atoms with Gasteiger partial charge < -0.3 is 5.11 Å². The fourth-order valence-electron chi connectivity index (χ4n) is 0.890. The maximum Gasteiger partial charge on any atom is 0.457 e. The number of aliphatic carboxylic acids is 1. The molecule has 0 aliphatic rings. The van der Waals surface area contributed by atoms with E-state index in [0.29, 0.717) is 0 Å². The lowest BCUT2D eigenvalue weighted by Crippen LogP contribution is -2.46. The van der Waals surface area contributed by atoms with Crippen LogP contribution in [0.5, 0.6) is 0 Å². The molecule has 6 heteroatoms. The minimum atomic E-state index is -4.64. The van der Waals surface area contributed by atoms with Gasteiger partial charge in [0.15, 0.2) is 0 Å². The normalized spacial score (nSPS) is 14.6. The molecule has 1 atom stereocenters. The van der Waals surface area contributed by atoms with E-state index in [4.69, 9.17) is 5.11 Å². The number of carboxylic acid groups (broad SMARTS) is 1. The predicted octanol–water partition coefficient (Wildman–Crippen LogP) is 1.60. The van der Waals surface area contributed by atoms with E-state index < -0.39 is 18.3 Å². The smallest absolute Gasteiger partial charge is 0.457 e. The molecule has 0 heterocycles. The Hall–Kier alpha value is -0.780. The Kier molecular flexibility index (Phi) is 4.19. The van der Waals surface area contributed by atoms with Crippen molar-refractivity contribution < 1.29 is 23.1 Å². The van der Waals surface area contributed by atoms with Crippen LogP contribution in [0, 0.1) is 5.92 Å². The van der Waals surface area contributed by atoms with E-state index in [2.05, 4.69) is 0 Å². The predicted molar refractivity (Wildman–Crippen MR) is 40.1 cm³/mol. The second-order valence-corrected chi connectivity index (χ2v) is 3.16. The standard InChI is InChI=1S/C7H12F3NO2/c1-4(2)3-5(6(12)13)11-7(8,9)10/h4-5,11H,3H2,1-2H3,(H,12,13)/t5-/m0/s1. The van der Waals surface area contributed by atoms with Crippen LogP contribution in [0.15, 0.2) is 0 Å². The van der Waals surface area contributed by atoms with Crippen molar-refractivity contribution in [1.82, 2.24) is 5.32 Å². The molecule has 0 fully saturated rings. The zero-order valence-corrected chi connectivity index (χ0v) is 7.35. The summed E-state index contributed by atoms with van der Waals surface area (Å²) in [4.78, 5) is 10.4. The summed E-state index contributed by atoms with van der Waals surface area (Å²) in [5.74, 6) is -1.58. The summed E-state index contributed by atoms with van der Waals surface area (Å²) in [7, 11) is 0. The number of carbonyl (C=O) groups is 1. The first-order valence-corrected chi connectivity index (χ1v) is 3.79. The first kappa shape index (κ1) is 12.2. The topological polar surface area (TPSA) is 49.3 Å². The van der Waals surface area contributed by atoms with Gasteiger partial charge in [0.1, 0.15) is 6.04 Å². The lowest BCUT2D eigenvalue weighted by Gasteiger charge is -2.17. The summed E-state index contributed by atoms with van der Waals surface area (Å²) in [6.07, 6.45) is -4.69. The number of alkyl halides is 3. The lowest BCUT2D eigenvalue weighted by atomic mass is 10.0. The quantitative estimate of drug-likeness (QED) is 0.676. The molecule has 0 aromatic rings. The Morgan fingerprint density at radius 2 is 1.92 bits per heavy atom. The largest absolute Gasteiger partial charge is 0.480 e. The third kappa shape index (κ3) is 6.39. The second-order valence-electron chi connectivity index (χ2n) is 3.16. The van der Waals surface area contributed by atoms with Crippen LogP contribution in [0.4, 0.5) is 13.2 Å². The zero-order chi connectivity index (χ0) is 10.6. The average molecular weight is 199 g/mol. The molecule has 2 N–H and O–H groups in total. The van der Waals surface area contributed by atoms with Gasteiger partial charge in [0.25, 0.3) is 0 Å². The Bertz CT molecular complexity index is 179. The first-order valence-electron chi connectivity index (χ1n) is 3.79. The highest BCUT2D eigenvalue weighted by Crippen LogP contribution is 2.14. The average Bonchev–Trinajstić information content (AvgIpc) is 1.81. The van der Waals surface area contributed by atoms with Gasteiger partial charge in [-0.3, -0.25) is 4.79 Å². The van der Waals surface area contributed by atoms with Crippen molar-refractivity contribution in [2.75, 3.05) is 0 Å². The van der Waals surface area contributed by atoms with Crippen LogP contribution in [-0.2, 0) is 4.79 Å². The molecule has 3 nitrogen and oxygen atoms in total. The number of hydrogen-bond donors (Lipinski definition) is 2. The molecular formula is C7H12F3NO2. The van der Waals surface area contributed by atoms with Crippen molar-refractivity contribution in [3.8, 4) is 0 Å². The van der Waals surface area contributed by atoms with E-state index in [9.17, 15) is 18.0 Å².